The van der Waals surface area contributed by atoms with E-state index in [0.717, 1.165) is 19.3 Å². The topological polar surface area (TPSA) is 17.1 Å². The van der Waals surface area contributed by atoms with Gasteiger partial charge in [-0.2, -0.15) is 0 Å². The Hall–Kier alpha value is -0.850. The van der Waals surface area contributed by atoms with Crippen LogP contribution in [0.1, 0.15) is 51.9 Å². The van der Waals surface area contributed by atoms with Gasteiger partial charge in [0.25, 0.3) is 0 Å². The molecule has 0 saturated heterocycles. The Balaban J connectivity index is 1.98. The number of allylic oxidation sites excluding steroid dienone is 4. The average Bonchev–Trinajstić information content (AvgIpc) is 2.56. The highest BCUT2D eigenvalue weighted by Gasteiger charge is 2.15. The molecule has 0 heterocycles. The van der Waals surface area contributed by atoms with Crippen LogP contribution < -0.4 is 0 Å². The van der Waals surface area contributed by atoms with E-state index in [4.69, 9.17) is 0 Å². The first-order chi connectivity index (χ1) is 6.75. The van der Waals surface area contributed by atoms with Crippen LogP contribution in [0.3, 0.4) is 0 Å². The zero-order valence-corrected chi connectivity index (χ0v) is 8.94. The Morgan fingerprint density at radius 3 is 2.64 bits per heavy atom. The third-order valence-electron chi connectivity index (χ3n) is 3.42. The summed E-state index contributed by atoms with van der Waals surface area (Å²) in [7, 11) is 0. The number of hydrogen-bond acceptors (Lipinski definition) is 1. The third kappa shape index (κ3) is 2.14. The van der Waals surface area contributed by atoms with Gasteiger partial charge in [0.2, 0.25) is 0 Å². The molecule has 0 aromatic rings. The minimum atomic E-state index is 0.408. The van der Waals surface area contributed by atoms with Crippen molar-refractivity contribution in [2.75, 3.05) is 0 Å². The van der Waals surface area contributed by atoms with Crippen LogP contribution in [-0.4, -0.2) is 5.78 Å². The lowest BCUT2D eigenvalue weighted by Crippen LogP contribution is -2.04. The predicted molar refractivity (Wildman–Crippen MR) is 58.1 cm³/mol. The van der Waals surface area contributed by atoms with E-state index in [9.17, 15) is 4.79 Å². The summed E-state index contributed by atoms with van der Waals surface area (Å²) in [6.07, 6.45) is 9.70. The summed E-state index contributed by atoms with van der Waals surface area (Å²) < 4.78 is 0. The fourth-order valence-corrected chi connectivity index (χ4v) is 2.39. The van der Waals surface area contributed by atoms with Gasteiger partial charge < -0.3 is 0 Å². The molecule has 0 fully saturated rings. The molecule has 76 valence electrons. The molecule has 1 nitrogen and oxygen atoms in total. The van der Waals surface area contributed by atoms with Crippen molar-refractivity contribution in [1.29, 1.82) is 0 Å². The van der Waals surface area contributed by atoms with Crippen LogP contribution in [0.25, 0.3) is 0 Å². The van der Waals surface area contributed by atoms with Gasteiger partial charge in [0.05, 0.1) is 0 Å². The highest BCUT2D eigenvalue weighted by Crippen LogP contribution is 2.32. The van der Waals surface area contributed by atoms with Crippen molar-refractivity contribution in [2.45, 2.75) is 51.9 Å². The van der Waals surface area contributed by atoms with E-state index in [1.807, 2.05) is 0 Å². The maximum atomic E-state index is 11.1. The van der Waals surface area contributed by atoms with Crippen molar-refractivity contribution in [2.24, 2.45) is 0 Å². The first kappa shape index (κ1) is 9.70. The second kappa shape index (κ2) is 4.12. The second-order valence-electron chi connectivity index (χ2n) is 4.52. The number of Topliss-reactive ketones (excluding diaryl/α,β-unsaturated/α-hetero) is 1. The molecule has 0 aliphatic heterocycles. The van der Waals surface area contributed by atoms with Crippen LogP contribution in [0, 0.1) is 0 Å². The summed E-state index contributed by atoms with van der Waals surface area (Å²) in [5.41, 5.74) is 4.74. The highest BCUT2D eigenvalue weighted by atomic mass is 16.1. The first-order valence-electron chi connectivity index (χ1n) is 5.63. The van der Waals surface area contributed by atoms with E-state index in [-0.39, 0.29) is 0 Å². The Labute approximate surface area is 85.9 Å². The van der Waals surface area contributed by atoms with E-state index < -0.39 is 0 Å². The lowest BCUT2D eigenvalue weighted by molar-refractivity contribution is -0.118. The Kier molecular flexibility index (Phi) is 2.85. The van der Waals surface area contributed by atoms with Crippen LogP contribution in [0.5, 0.6) is 0 Å². The van der Waals surface area contributed by atoms with Gasteiger partial charge in [-0.25, -0.2) is 0 Å². The van der Waals surface area contributed by atoms with Gasteiger partial charge >= 0.3 is 0 Å². The fourth-order valence-electron chi connectivity index (χ4n) is 2.39. The smallest absolute Gasteiger partial charge is 0.136 e. The molecule has 1 heteroatoms. The number of carbonyl (C=O) groups is 1. The quantitative estimate of drug-likeness (QED) is 0.608. The SMILES string of the molecule is CC1=C(CC2=CCC(=O)CC2)CCC1. The van der Waals surface area contributed by atoms with Crippen LogP contribution in [0.4, 0.5) is 0 Å². The number of carbonyl (C=O) groups excluding carboxylic acids is 1. The predicted octanol–water partition coefficient (Wildman–Crippen LogP) is 3.56. The molecule has 0 saturated carbocycles. The molecule has 0 bridgehead atoms. The van der Waals surface area contributed by atoms with Crippen LogP contribution in [0.2, 0.25) is 0 Å². The zero-order valence-electron chi connectivity index (χ0n) is 8.94. The van der Waals surface area contributed by atoms with E-state index in [1.165, 1.54) is 24.8 Å². The van der Waals surface area contributed by atoms with E-state index in [1.54, 1.807) is 11.1 Å². The van der Waals surface area contributed by atoms with E-state index in [0.29, 0.717) is 12.2 Å². The summed E-state index contributed by atoms with van der Waals surface area (Å²) >= 11 is 0. The lowest BCUT2D eigenvalue weighted by atomic mass is 9.92. The van der Waals surface area contributed by atoms with Gasteiger partial charge in [-0.05, 0) is 39.0 Å². The molecule has 0 atom stereocenters. The fraction of sp³-hybridized carbons (Fsp3) is 0.615. The number of ketones is 1. The minimum Gasteiger partial charge on any atom is -0.299 e. The summed E-state index contributed by atoms with van der Waals surface area (Å²) in [5.74, 6) is 0.408. The Morgan fingerprint density at radius 1 is 1.21 bits per heavy atom. The zero-order chi connectivity index (χ0) is 9.97. The van der Waals surface area contributed by atoms with Crippen molar-refractivity contribution >= 4 is 5.78 Å². The molecule has 14 heavy (non-hydrogen) atoms. The minimum absolute atomic E-state index is 0.408. The molecule has 2 aliphatic rings. The summed E-state index contributed by atoms with van der Waals surface area (Å²) in [6, 6.07) is 0. The standard InChI is InChI=1S/C13H18O/c1-10-3-2-4-12(10)9-11-5-7-13(14)8-6-11/h5H,2-4,6-9H2,1H3. The van der Waals surface area contributed by atoms with Gasteiger partial charge in [-0.1, -0.05) is 22.8 Å². The molecule has 0 spiro atoms. The third-order valence-corrected chi connectivity index (χ3v) is 3.42. The maximum absolute atomic E-state index is 11.1. The Bertz CT molecular complexity index is 307. The van der Waals surface area contributed by atoms with Gasteiger partial charge in [-0.15, -0.1) is 0 Å². The summed E-state index contributed by atoms with van der Waals surface area (Å²) in [6.45, 7) is 2.26. The van der Waals surface area contributed by atoms with Gasteiger partial charge in [0.15, 0.2) is 0 Å². The molecule has 0 N–H and O–H groups in total. The number of hydrogen-bond donors (Lipinski definition) is 0. The molecule has 0 radical (unpaired) electrons. The molecule has 0 aromatic carbocycles. The van der Waals surface area contributed by atoms with Crippen molar-refractivity contribution in [3.05, 3.63) is 22.8 Å². The van der Waals surface area contributed by atoms with Gasteiger partial charge in [0.1, 0.15) is 5.78 Å². The molecule has 0 amide bonds. The van der Waals surface area contributed by atoms with E-state index in [2.05, 4.69) is 13.0 Å². The van der Waals surface area contributed by atoms with Crippen LogP contribution in [0.15, 0.2) is 22.8 Å². The largest absolute Gasteiger partial charge is 0.299 e. The first-order valence-corrected chi connectivity index (χ1v) is 5.63. The highest BCUT2D eigenvalue weighted by molar-refractivity contribution is 5.81. The summed E-state index contributed by atoms with van der Waals surface area (Å²) in [4.78, 5) is 11.1. The molecule has 0 unspecified atom stereocenters. The average molecular weight is 190 g/mol. The second-order valence-corrected chi connectivity index (χ2v) is 4.52. The lowest BCUT2D eigenvalue weighted by Gasteiger charge is -2.13. The molecule has 2 rings (SSSR count). The van der Waals surface area contributed by atoms with Crippen molar-refractivity contribution < 1.29 is 4.79 Å². The van der Waals surface area contributed by atoms with Crippen molar-refractivity contribution in [1.82, 2.24) is 0 Å². The maximum Gasteiger partial charge on any atom is 0.136 e. The van der Waals surface area contributed by atoms with Gasteiger partial charge in [0, 0.05) is 12.8 Å². The molecular formula is C13H18O. The monoisotopic (exact) mass is 190 g/mol. The van der Waals surface area contributed by atoms with Crippen LogP contribution in [-0.2, 0) is 4.79 Å². The van der Waals surface area contributed by atoms with E-state index >= 15 is 0 Å². The molecule has 0 aromatic heterocycles. The molecular weight excluding hydrogens is 172 g/mol. The van der Waals surface area contributed by atoms with Crippen molar-refractivity contribution in [3.8, 4) is 0 Å². The van der Waals surface area contributed by atoms with Gasteiger partial charge in [-0.3, -0.25) is 4.79 Å². The van der Waals surface area contributed by atoms with Crippen molar-refractivity contribution in [3.63, 3.8) is 0 Å². The Morgan fingerprint density at radius 2 is 2.07 bits per heavy atom. The summed E-state index contributed by atoms with van der Waals surface area (Å²) in [5, 5.41) is 0. The number of rotatable bonds is 2. The molecule has 2 aliphatic carbocycles. The normalized spacial score (nSPS) is 22.9. The van der Waals surface area contributed by atoms with Crippen LogP contribution >= 0.6 is 0 Å².